The lowest BCUT2D eigenvalue weighted by Crippen LogP contribution is -2.40. The molecule has 0 aromatic heterocycles. The van der Waals surface area contributed by atoms with Crippen molar-refractivity contribution in [3.8, 4) is 0 Å². The number of urea groups is 1. The summed E-state index contributed by atoms with van der Waals surface area (Å²) in [4.78, 5) is 36.6. The summed E-state index contributed by atoms with van der Waals surface area (Å²) in [5, 5.41) is 7.34. The zero-order chi connectivity index (χ0) is 16.4. The normalized spacial score (nSPS) is 22.6. The first-order chi connectivity index (χ1) is 11.0. The molecular weight excluding hydrogens is 296 g/mol. The first-order valence-electron chi connectivity index (χ1n) is 7.77. The van der Waals surface area contributed by atoms with Crippen LogP contribution in [0.15, 0.2) is 24.3 Å². The Hall–Kier alpha value is -2.57. The molecule has 0 radical (unpaired) electrons. The predicted octanol–water partition coefficient (Wildman–Crippen LogP) is 0.152. The van der Waals surface area contributed by atoms with Gasteiger partial charge in [-0.25, -0.2) is 4.79 Å². The number of carbonyl (C=O) groups excluding carboxylic acids is 3. The van der Waals surface area contributed by atoms with E-state index >= 15 is 0 Å². The van der Waals surface area contributed by atoms with Gasteiger partial charge in [-0.05, 0) is 25.0 Å². The second-order valence-corrected chi connectivity index (χ2v) is 5.94. The molecule has 23 heavy (non-hydrogen) atoms. The van der Waals surface area contributed by atoms with Crippen molar-refractivity contribution < 1.29 is 14.4 Å². The summed E-state index contributed by atoms with van der Waals surface area (Å²) in [7, 11) is 0. The van der Waals surface area contributed by atoms with Crippen LogP contribution in [0.3, 0.4) is 0 Å². The number of carbonyl (C=O) groups is 3. The van der Waals surface area contributed by atoms with Gasteiger partial charge in [0, 0.05) is 24.8 Å². The number of nitrogens with one attached hydrogen (secondary N) is 3. The van der Waals surface area contributed by atoms with Crippen LogP contribution in [0.5, 0.6) is 0 Å². The maximum atomic E-state index is 11.9. The highest BCUT2D eigenvalue weighted by Crippen LogP contribution is 2.31. The highest BCUT2D eigenvalue weighted by molar-refractivity contribution is 6.05. The van der Waals surface area contributed by atoms with Crippen molar-refractivity contribution >= 4 is 23.5 Å². The summed E-state index contributed by atoms with van der Waals surface area (Å²) in [5.74, 6) is -0.695. The highest BCUT2D eigenvalue weighted by Gasteiger charge is 2.31. The molecule has 3 rings (SSSR count). The van der Waals surface area contributed by atoms with Gasteiger partial charge in [-0.15, -0.1) is 0 Å². The van der Waals surface area contributed by atoms with Gasteiger partial charge in [-0.3, -0.25) is 14.9 Å². The maximum absolute atomic E-state index is 11.9. The molecule has 2 aliphatic heterocycles. The molecule has 3 N–H and O–H groups in total. The summed E-state index contributed by atoms with van der Waals surface area (Å²) in [6.07, 6.45) is 0.974. The molecule has 7 nitrogen and oxygen atoms in total. The van der Waals surface area contributed by atoms with E-state index in [0.717, 1.165) is 6.42 Å². The Kier molecular flexibility index (Phi) is 4.18. The van der Waals surface area contributed by atoms with E-state index in [1.807, 2.05) is 12.1 Å². The van der Waals surface area contributed by atoms with Gasteiger partial charge >= 0.3 is 6.03 Å². The van der Waals surface area contributed by atoms with Gasteiger partial charge in [0.05, 0.1) is 6.42 Å². The molecule has 7 heteroatoms. The smallest absolute Gasteiger partial charge is 0.322 e. The Morgan fingerprint density at radius 1 is 1.35 bits per heavy atom. The van der Waals surface area contributed by atoms with Crippen LogP contribution in [-0.2, 0) is 16.0 Å². The van der Waals surface area contributed by atoms with E-state index in [4.69, 9.17) is 0 Å². The largest absolute Gasteiger partial charge is 0.367 e. The summed E-state index contributed by atoms with van der Waals surface area (Å²) >= 11 is 0. The molecule has 4 amide bonds. The van der Waals surface area contributed by atoms with Gasteiger partial charge in [0.1, 0.15) is 6.04 Å². The van der Waals surface area contributed by atoms with Gasteiger partial charge < -0.3 is 15.5 Å². The number of fused-ring (bicyclic) bond motifs is 1. The van der Waals surface area contributed by atoms with E-state index < -0.39 is 18.0 Å². The van der Waals surface area contributed by atoms with Crippen LogP contribution in [0.2, 0.25) is 0 Å². The van der Waals surface area contributed by atoms with Crippen molar-refractivity contribution in [2.75, 3.05) is 18.0 Å². The summed E-state index contributed by atoms with van der Waals surface area (Å²) in [6.45, 7) is 3.38. The fourth-order valence-electron chi connectivity index (χ4n) is 3.15. The zero-order valence-electron chi connectivity index (χ0n) is 13.0. The van der Waals surface area contributed by atoms with Crippen LogP contribution in [0.25, 0.3) is 0 Å². The first kappa shape index (κ1) is 15.3. The van der Waals surface area contributed by atoms with Crippen LogP contribution >= 0.6 is 0 Å². The van der Waals surface area contributed by atoms with E-state index in [1.165, 1.54) is 11.3 Å². The third kappa shape index (κ3) is 3.28. The number of hydrogen-bond acceptors (Lipinski definition) is 4. The number of anilines is 1. The van der Waals surface area contributed by atoms with E-state index in [9.17, 15) is 14.4 Å². The number of imide groups is 1. The molecule has 0 saturated carbocycles. The Morgan fingerprint density at radius 3 is 2.87 bits per heavy atom. The Labute approximate surface area is 134 Å². The molecule has 1 aromatic carbocycles. The number of rotatable bonds is 5. The average molecular weight is 316 g/mol. The second-order valence-electron chi connectivity index (χ2n) is 5.94. The van der Waals surface area contributed by atoms with Crippen LogP contribution in [0.1, 0.15) is 18.9 Å². The topological polar surface area (TPSA) is 90.5 Å². The van der Waals surface area contributed by atoms with Crippen LogP contribution in [0.4, 0.5) is 10.5 Å². The monoisotopic (exact) mass is 316 g/mol. The van der Waals surface area contributed by atoms with Gasteiger partial charge in [0.2, 0.25) is 5.91 Å². The Bertz CT molecular complexity index is 646. The van der Waals surface area contributed by atoms with Crippen LogP contribution in [-0.4, -0.2) is 43.0 Å². The SMILES string of the molecule is C[C@H]1Cc2ccccc2N1CCNC(=O)C[C@H]1NC(=O)NC1=O. The van der Waals surface area contributed by atoms with Gasteiger partial charge in [-0.2, -0.15) is 0 Å². The Balaban J connectivity index is 1.47. The molecule has 2 aliphatic rings. The van der Waals surface area contributed by atoms with Crippen molar-refractivity contribution in [3.63, 3.8) is 0 Å². The fraction of sp³-hybridized carbons (Fsp3) is 0.438. The quantitative estimate of drug-likeness (QED) is 0.675. The number of para-hydroxylation sites is 1. The van der Waals surface area contributed by atoms with Crippen LogP contribution in [0, 0.1) is 0 Å². The molecule has 1 fully saturated rings. The lowest BCUT2D eigenvalue weighted by Gasteiger charge is -2.25. The van der Waals surface area contributed by atoms with Gasteiger partial charge in [0.15, 0.2) is 0 Å². The fourth-order valence-corrected chi connectivity index (χ4v) is 3.15. The van der Waals surface area contributed by atoms with E-state index in [1.54, 1.807) is 0 Å². The minimum absolute atomic E-state index is 0.0380. The molecule has 1 saturated heterocycles. The van der Waals surface area contributed by atoms with Crippen molar-refractivity contribution in [2.24, 2.45) is 0 Å². The molecule has 0 unspecified atom stereocenters. The molecule has 1 aromatic rings. The van der Waals surface area contributed by atoms with Crippen LogP contribution < -0.4 is 20.9 Å². The molecule has 2 heterocycles. The highest BCUT2D eigenvalue weighted by atomic mass is 16.2. The summed E-state index contributed by atoms with van der Waals surface area (Å²) in [6, 6.07) is 7.38. The zero-order valence-corrected chi connectivity index (χ0v) is 13.0. The van der Waals surface area contributed by atoms with E-state index in [2.05, 4.69) is 39.9 Å². The van der Waals surface area contributed by atoms with Crippen molar-refractivity contribution in [2.45, 2.75) is 31.8 Å². The molecule has 0 bridgehead atoms. The minimum Gasteiger partial charge on any atom is -0.367 e. The minimum atomic E-state index is -0.770. The molecule has 0 spiro atoms. The number of hydrogen-bond donors (Lipinski definition) is 3. The molecule has 122 valence electrons. The third-order valence-electron chi connectivity index (χ3n) is 4.27. The molecular formula is C16H20N4O3. The van der Waals surface area contributed by atoms with Gasteiger partial charge in [-0.1, -0.05) is 18.2 Å². The first-order valence-corrected chi connectivity index (χ1v) is 7.77. The Morgan fingerprint density at radius 2 is 2.13 bits per heavy atom. The third-order valence-corrected chi connectivity index (χ3v) is 4.27. The standard InChI is InChI=1S/C16H20N4O3/c1-10-8-11-4-2-3-5-13(11)20(10)7-6-17-14(21)9-12-15(22)19-16(23)18-12/h2-5,10,12H,6-9H2,1H3,(H,17,21)(H2,18,19,22,23)/t10-,12+/m0/s1. The van der Waals surface area contributed by atoms with Gasteiger partial charge in [0.25, 0.3) is 5.91 Å². The number of benzene rings is 1. The van der Waals surface area contributed by atoms with Crippen molar-refractivity contribution in [1.29, 1.82) is 0 Å². The van der Waals surface area contributed by atoms with Crippen molar-refractivity contribution in [3.05, 3.63) is 29.8 Å². The van der Waals surface area contributed by atoms with Crippen molar-refractivity contribution in [1.82, 2.24) is 16.0 Å². The van der Waals surface area contributed by atoms with E-state index in [0.29, 0.717) is 19.1 Å². The number of nitrogens with zero attached hydrogens (tertiary/aromatic N) is 1. The number of amides is 4. The molecule has 0 aliphatic carbocycles. The summed E-state index contributed by atoms with van der Waals surface area (Å²) in [5.41, 5.74) is 2.55. The lowest BCUT2D eigenvalue weighted by atomic mass is 10.1. The lowest BCUT2D eigenvalue weighted by molar-refractivity contribution is -0.126. The second kappa shape index (κ2) is 6.28. The maximum Gasteiger partial charge on any atom is 0.322 e. The molecule has 2 atom stereocenters. The summed E-state index contributed by atoms with van der Waals surface area (Å²) < 4.78 is 0. The average Bonchev–Trinajstić information content (AvgIpc) is 2.98. The van der Waals surface area contributed by atoms with E-state index in [-0.39, 0.29) is 12.3 Å². The predicted molar refractivity (Wildman–Crippen MR) is 85.0 cm³/mol.